The first-order valence-corrected chi connectivity index (χ1v) is 6.10. The van der Waals surface area contributed by atoms with Crippen LogP contribution >= 0.6 is 0 Å². The Kier molecular flexibility index (Phi) is 3.96. The highest BCUT2D eigenvalue weighted by atomic mass is 16.5. The molecule has 0 spiro atoms. The summed E-state index contributed by atoms with van der Waals surface area (Å²) in [4.78, 5) is 4.34. The molecule has 1 fully saturated rings. The fourth-order valence-electron chi connectivity index (χ4n) is 2.04. The van der Waals surface area contributed by atoms with Crippen molar-refractivity contribution in [2.45, 2.75) is 32.3 Å². The summed E-state index contributed by atoms with van der Waals surface area (Å²) in [6, 6.07) is 0.452. The summed E-state index contributed by atoms with van der Waals surface area (Å²) in [5, 5.41) is 7.02. The first kappa shape index (κ1) is 12.3. The van der Waals surface area contributed by atoms with Gasteiger partial charge in [-0.3, -0.25) is 0 Å². The fourth-order valence-corrected chi connectivity index (χ4v) is 2.04. The fraction of sp³-hybridized carbons (Fsp3) is 0.818. The van der Waals surface area contributed by atoms with Crippen LogP contribution in [0.1, 0.15) is 32.5 Å². The van der Waals surface area contributed by atoms with E-state index in [4.69, 9.17) is 14.0 Å². The van der Waals surface area contributed by atoms with Crippen LogP contribution in [0.2, 0.25) is 0 Å². The number of rotatable bonds is 5. The van der Waals surface area contributed by atoms with Crippen LogP contribution in [0, 0.1) is 0 Å². The molecule has 0 amide bonds. The maximum absolute atomic E-state index is 5.86. The molecule has 0 aliphatic carbocycles. The van der Waals surface area contributed by atoms with Crippen LogP contribution < -0.4 is 5.32 Å². The predicted octanol–water partition coefficient (Wildman–Crippen LogP) is 1.54. The minimum Gasteiger partial charge on any atom is -0.381 e. The van der Waals surface area contributed by atoms with Crippen LogP contribution in [0.15, 0.2) is 4.52 Å². The summed E-state index contributed by atoms with van der Waals surface area (Å²) in [5.41, 5.74) is -0.440. The largest absolute Gasteiger partial charge is 0.381 e. The van der Waals surface area contributed by atoms with Crippen LogP contribution in [0.3, 0.4) is 0 Å². The van der Waals surface area contributed by atoms with Crippen molar-refractivity contribution in [3.63, 3.8) is 0 Å². The van der Waals surface area contributed by atoms with Crippen molar-refractivity contribution < 1.29 is 14.0 Å². The Morgan fingerprint density at radius 1 is 1.35 bits per heavy atom. The van der Waals surface area contributed by atoms with Crippen LogP contribution in [-0.4, -0.2) is 36.5 Å². The minimum atomic E-state index is -0.440. The molecule has 6 heteroatoms. The number of anilines is 1. The molecule has 1 aromatic rings. The topological polar surface area (TPSA) is 69.4 Å². The second-order valence-electron chi connectivity index (χ2n) is 3.99. The highest BCUT2D eigenvalue weighted by Gasteiger charge is 2.39. The summed E-state index contributed by atoms with van der Waals surface area (Å²) in [6.07, 6.45) is 1.54. The van der Waals surface area contributed by atoms with Gasteiger partial charge in [-0.05, 0) is 13.8 Å². The number of nitrogens with zero attached hydrogens (tertiary/aromatic N) is 2. The van der Waals surface area contributed by atoms with Crippen LogP contribution in [0.5, 0.6) is 0 Å². The second kappa shape index (κ2) is 5.46. The monoisotopic (exact) mass is 241 g/mol. The Morgan fingerprint density at radius 3 is 2.76 bits per heavy atom. The minimum absolute atomic E-state index is 0.440. The average Bonchev–Trinajstić information content (AvgIpc) is 2.80. The first-order chi connectivity index (χ1) is 8.30. The van der Waals surface area contributed by atoms with E-state index in [1.807, 2.05) is 13.8 Å². The lowest BCUT2D eigenvalue weighted by atomic mass is 9.93. The Morgan fingerprint density at radius 2 is 2.12 bits per heavy atom. The Hall–Kier alpha value is -1.14. The molecular formula is C11H19N3O3. The third kappa shape index (κ3) is 2.58. The van der Waals surface area contributed by atoms with Crippen molar-refractivity contribution in [2.24, 2.45) is 0 Å². The number of hydrogen-bond donors (Lipinski definition) is 1. The molecule has 0 atom stereocenters. The zero-order valence-electron chi connectivity index (χ0n) is 10.4. The summed E-state index contributed by atoms with van der Waals surface area (Å²) >= 11 is 0. The van der Waals surface area contributed by atoms with Crippen molar-refractivity contribution in [1.82, 2.24) is 10.1 Å². The van der Waals surface area contributed by atoms with Crippen LogP contribution in [-0.2, 0) is 15.1 Å². The van der Waals surface area contributed by atoms with E-state index in [9.17, 15) is 0 Å². The Labute approximate surface area is 101 Å². The number of nitrogens with one attached hydrogen (secondary N) is 1. The predicted molar refractivity (Wildman–Crippen MR) is 61.8 cm³/mol. The van der Waals surface area contributed by atoms with E-state index >= 15 is 0 Å². The second-order valence-corrected chi connectivity index (χ2v) is 3.99. The summed E-state index contributed by atoms with van der Waals surface area (Å²) in [5.74, 6) is 0.624. The van der Waals surface area contributed by atoms with E-state index in [1.165, 1.54) is 0 Å². The lowest BCUT2D eigenvalue weighted by molar-refractivity contribution is -0.118. The van der Waals surface area contributed by atoms with Crippen molar-refractivity contribution >= 4 is 6.01 Å². The third-order valence-electron chi connectivity index (χ3n) is 2.88. The van der Waals surface area contributed by atoms with Gasteiger partial charge in [0.2, 0.25) is 5.82 Å². The van der Waals surface area contributed by atoms with E-state index in [1.54, 1.807) is 0 Å². The van der Waals surface area contributed by atoms with Gasteiger partial charge in [-0.2, -0.15) is 4.98 Å². The normalized spacial score (nSPS) is 19.2. The van der Waals surface area contributed by atoms with E-state index < -0.39 is 5.60 Å². The zero-order valence-corrected chi connectivity index (χ0v) is 10.4. The highest BCUT2D eigenvalue weighted by Crippen LogP contribution is 2.34. The van der Waals surface area contributed by atoms with E-state index in [-0.39, 0.29) is 0 Å². The number of ether oxygens (including phenoxy) is 2. The zero-order chi connectivity index (χ0) is 12.1. The smallest absolute Gasteiger partial charge is 0.321 e. The summed E-state index contributed by atoms with van der Waals surface area (Å²) < 4.78 is 16.4. The molecule has 0 radical (unpaired) electrons. The van der Waals surface area contributed by atoms with Crippen molar-refractivity contribution in [3.8, 4) is 0 Å². The Balaban J connectivity index is 2.18. The summed E-state index contributed by atoms with van der Waals surface area (Å²) in [6.45, 7) is 6.69. The molecule has 0 aromatic carbocycles. The van der Waals surface area contributed by atoms with E-state index in [0.717, 1.165) is 19.4 Å². The molecular weight excluding hydrogens is 222 g/mol. The van der Waals surface area contributed by atoms with Crippen molar-refractivity contribution in [2.75, 3.05) is 31.7 Å². The van der Waals surface area contributed by atoms with Gasteiger partial charge in [0.1, 0.15) is 5.60 Å². The maximum Gasteiger partial charge on any atom is 0.321 e. The van der Waals surface area contributed by atoms with E-state index in [0.29, 0.717) is 31.7 Å². The van der Waals surface area contributed by atoms with Gasteiger partial charge in [-0.25, -0.2) is 0 Å². The number of hydrogen-bond acceptors (Lipinski definition) is 6. The molecule has 6 nitrogen and oxygen atoms in total. The first-order valence-electron chi connectivity index (χ1n) is 6.10. The van der Waals surface area contributed by atoms with Crippen molar-refractivity contribution in [1.29, 1.82) is 0 Å². The van der Waals surface area contributed by atoms with Gasteiger partial charge in [0, 0.05) is 39.2 Å². The molecule has 96 valence electrons. The lowest BCUT2D eigenvalue weighted by Crippen LogP contribution is -2.37. The quantitative estimate of drug-likeness (QED) is 0.843. The number of aromatic nitrogens is 2. The average molecular weight is 241 g/mol. The molecule has 1 aliphatic rings. The molecule has 0 unspecified atom stereocenters. The standard InChI is InChI=1S/C11H19N3O3/c1-3-12-10-13-9(14-17-10)11(16-4-2)5-7-15-8-6-11/h3-8H2,1-2H3,(H,12,13,14). The molecule has 1 aromatic heterocycles. The molecule has 1 saturated heterocycles. The third-order valence-corrected chi connectivity index (χ3v) is 2.88. The molecule has 17 heavy (non-hydrogen) atoms. The van der Waals surface area contributed by atoms with Gasteiger partial charge in [-0.15, -0.1) is 0 Å². The van der Waals surface area contributed by atoms with Gasteiger partial charge in [0.05, 0.1) is 0 Å². The lowest BCUT2D eigenvalue weighted by Gasteiger charge is -2.33. The molecule has 1 N–H and O–H groups in total. The molecule has 0 bridgehead atoms. The van der Waals surface area contributed by atoms with Crippen molar-refractivity contribution in [3.05, 3.63) is 5.82 Å². The highest BCUT2D eigenvalue weighted by molar-refractivity contribution is 5.20. The summed E-state index contributed by atoms with van der Waals surface area (Å²) in [7, 11) is 0. The molecule has 1 aliphatic heterocycles. The molecule has 0 saturated carbocycles. The van der Waals surface area contributed by atoms with Gasteiger partial charge < -0.3 is 19.3 Å². The Bertz CT molecular complexity index is 342. The van der Waals surface area contributed by atoms with Gasteiger partial charge >= 0.3 is 6.01 Å². The van der Waals surface area contributed by atoms with E-state index in [2.05, 4.69) is 15.5 Å². The van der Waals surface area contributed by atoms with Gasteiger partial charge in [0.15, 0.2) is 0 Å². The molecule has 2 heterocycles. The van der Waals surface area contributed by atoms with Gasteiger partial charge in [-0.1, -0.05) is 5.16 Å². The van der Waals surface area contributed by atoms with Gasteiger partial charge in [0.25, 0.3) is 0 Å². The van der Waals surface area contributed by atoms with Crippen LogP contribution in [0.4, 0.5) is 6.01 Å². The maximum atomic E-state index is 5.86. The molecule has 2 rings (SSSR count). The SMILES string of the molecule is CCNc1nc(C2(OCC)CCOCC2)no1. The van der Waals surface area contributed by atoms with Crippen LogP contribution in [0.25, 0.3) is 0 Å².